The maximum atomic E-state index is 6.19. The van der Waals surface area contributed by atoms with Crippen LogP contribution in [-0.4, -0.2) is 44.7 Å². The van der Waals surface area contributed by atoms with Crippen LogP contribution >= 0.6 is 0 Å². The smallest absolute Gasteiger partial charge is 0.197 e. The topological polar surface area (TPSA) is 85.4 Å². The average Bonchev–Trinajstić information content (AvgIpc) is 3.35. The highest BCUT2D eigenvalue weighted by Gasteiger charge is 2.40. The van der Waals surface area contributed by atoms with Gasteiger partial charge in [0.1, 0.15) is 24.1 Å². The Morgan fingerprint density at radius 1 is 0.905 bits per heavy atom. The number of benzene rings is 1. The van der Waals surface area contributed by atoms with E-state index in [-0.39, 0.29) is 12.2 Å². The minimum atomic E-state index is 0.203. The van der Waals surface area contributed by atoms with Crippen LogP contribution in [0.3, 0.4) is 0 Å². The molecule has 6 heteroatoms. The second kappa shape index (κ2) is 4.25. The summed E-state index contributed by atoms with van der Waals surface area (Å²) in [6.45, 7) is 2.94. The largest absolute Gasteiger partial charge is 0.488 e. The molecule has 5 rings (SSSR count). The van der Waals surface area contributed by atoms with Gasteiger partial charge in [0, 0.05) is 24.0 Å². The summed E-state index contributed by atoms with van der Waals surface area (Å²) in [6, 6.07) is 0. The monoisotopic (exact) mass is 291 g/mol. The number of rotatable bonds is 7. The van der Waals surface area contributed by atoms with Gasteiger partial charge in [-0.15, -0.1) is 0 Å². The van der Waals surface area contributed by atoms with E-state index in [2.05, 4.69) is 0 Å². The summed E-state index contributed by atoms with van der Waals surface area (Å²) in [4.78, 5) is 0. The molecule has 2 N–H and O–H groups in total. The van der Waals surface area contributed by atoms with E-state index < -0.39 is 0 Å². The Kier molecular flexibility index (Phi) is 2.45. The SMILES string of the molecule is Nc1c(OCC2CO2)c(CC2CO2)c(CC2CO2)c2c1O2. The maximum Gasteiger partial charge on any atom is 0.197 e. The van der Waals surface area contributed by atoms with Crippen LogP contribution in [0.25, 0.3) is 0 Å². The van der Waals surface area contributed by atoms with Crippen molar-refractivity contribution >= 4 is 5.69 Å². The van der Waals surface area contributed by atoms with Crippen molar-refractivity contribution in [2.45, 2.75) is 31.2 Å². The lowest BCUT2D eigenvalue weighted by Gasteiger charge is -2.14. The molecule has 6 nitrogen and oxygen atoms in total. The molecule has 1 aromatic rings. The number of nitrogens with two attached hydrogens (primary N) is 1. The van der Waals surface area contributed by atoms with E-state index in [1.165, 1.54) is 5.56 Å². The first-order valence-corrected chi connectivity index (χ1v) is 7.42. The molecular formula is C15H17NO5. The van der Waals surface area contributed by atoms with Crippen molar-refractivity contribution in [3.05, 3.63) is 11.1 Å². The third-order valence-corrected chi connectivity index (χ3v) is 4.25. The molecule has 0 spiro atoms. The molecule has 4 aliphatic heterocycles. The van der Waals surface area contributed by atoms with E-state index in [9.17, 15) is 0 Å². The van der Waals surface area contributed by atoms with Crippen molar-refractivity contribution in [1.82, 2.24) is 0 Å². The minimum Gasteiger partial charge on any atom is -0.488 e. The normalized spacial score (nSPS) is 30.4. The van der Waals surface area contributed by atoms with E-state index >= 15 is 0 Å². The maximum absolute atomic E-state index is 6.19. The predicted octanol–water partition coefficient (Wildman–Crippen LogP) is 1.03. The lowest BCUT2D eigenvalue weighted by Crippen LogP contribution is -2.10. The second-order valence-corrected chi connectivity index (χ2v) is 6.05. The van der Waals surface area contributed by atoms with Crippen LogP contribution < -0.4 is 15.2 Å². The fraction of sp³-hybridized carbons (Fsp3) is 0.600. The summed E-state index contributed by atoms with van der Waals surface area (Å²) in [5.41, 5.74) is 9.11. The molecule has 0 amide bonds. The Morgan fingerprint density at radius 2 is 1.52 bits per heavy atom. The summed E-state index contributed by atoms with van der Waals surface area (Å²) in [7, 11) is 0. The Morgan fingerprint density at radius 3 is 2.14 bits per heavy atom. The van der Waals surface area contributed by atoms with Gasteiger partial charge in [-0.05, 0) is 0 Å². The van der Waals surface area contributed by atoms with Crippen LogP contribution in [0.4, 0.5) is 5.69 Å². The van der Waals surface area contributed by atoms with E-state index in [1.807, 2.05) is 0 Å². The summed E-state index contributed by atoms with van der Waals surface area (Å²) in [5, 5.41) is 0. The quantitative estimate of drug-likeness (QED) is 0.606. The number of hydrogen-bond acceptors (Lipinski definition) is 6. The molecule has 3 saturated heterocycles. The van der Waals surface area contributed by atoms with Gasteiger partial charge in [-0.1, -0.05) is 0 Å². The predicted molar refractivity (Wildman–Crippen MR) is 73.1 cm³/mol. The molecule has 21 heavy (non-hydrogen) atoms. The highest BCUT2D eigenvalue weighted by atomic mass is 16.6. The van der Waals surface area contributed by atoms with Crippen LogP contribution in [-0.2, 0) is 27.1 Å². The van der Waals surface area contributed by atoms with Gasteiger partial charge in [0.15, 0.2) is 11.5 Å². The van der Waals surface area contributed by atoms with Crippen molar-refractivity contribution < 1.29 is 23.7 Å². The highest BCUT2D eigenvalue weighted by Crippen LogP contribution is 2.59. The Bertz CT molecular complexity index is 605. The fourth-order valence-electron chi connectivity index (χ4n) is 2.76. The zero-order valence-electron chi connectivity index (χ0n) is 11.6. The Hall–Kier alpha value is -1.50. The molecule has 0 saturated carbocycles. The first-order valence-electron chi connectivity index (χ1n) is 7.42. The molecule has 1 aromatic carbocycles. The Labute approximate surface area is 122 Å². The van der Waals surface area contributed by atoms with E-state index in [4.69, 9.17) is 29.4 Å². The molecular weight excluding hydrogens is 274 g/mol. The summed E-state index contributed by atoms with van der Waals surface area (Å²) in [6.07, 6.45) is 2.47. The minimum absolute atomic E-state index is 0.203. The van der Waals surface area contributed by atoms with Gasteiger partial charge in [0.2, 0.25) is 0 Å². The van der Waals surface area contributed by atoms with Gasteiger partial charge < -0.3 is 29.4 Å². The zero-order chi connectivity index (χ0) is 14.0. The number of anilines is 1. The van der Waals surface area contributed by atoms with Crippen molar-refractivity contribution in [1.29, 1.82) is 0 Å². The summed E-state index contributed by atoms with van der Waals surface area (Å²) < 4.78 is 27.5. The van der Waals surface area contributed by atoms with Gasteiger partial charge in [0.25, 0.3) is 0 Å². The first-order chi connectivity index (χ1) is 10.3. The van der Waals surface area contributed by atoms with Crippen LogP contribution in [0.5, 0.6) is 17.2 Å². The third kappa shape index (κ3) is 2.33. The van der Waals surface area contributed by atoms with Gasteiger partial charge in [-0.3, -0.25) is 0 Å². The Balaban J connectivity index is 1.51. The molecule has 0 aromatic heterocycles. The van der Waals surface area contributed by atoms with Crippen molar-refractivity contribution in [3.8, 4) is 17.2 Å². The van der Waals surface area contributed by atoms with Crippen LogP contribution in [0, 0.1) is 0 Å². The van der Waals surface area contributed by atoms with Gasteiger partial charge in [-0.25, -0.2) is 0 Å². The molecule has 0 bridgehead atoms. The number of hydrogen-bond donors (Lipinski definition) is 1. The van der Waals surface area contributed by atoms with Crippen molar-refractivity contribution in [2.24, 2.45) is 0 Å². The summed E-state index contributed by atoms with van der Waals surface area (Å²) >= 11 is 0. The molecule has 4 aliphatic rings. The lowest BCUT2D eigenvalue weighted by molar-refractivity contribution is 0.261. The third-order valence-electron chi connectivity index (χ3n) is 4.25. The molecule has 3 fully saturated rings. The number of epoxide rings is 3. The molecule has 3 unspecified atom stereocenters. The number of fused-ring (bicyclic) bond motifs is 1. The molecule has 0 radical (unpaired) electrons. The zero-order valence-corrected chi connectivity index (χ0v) is 11.6. The lowest BCUT2D eigenvalue weighted by atomic mass is 9.97. The highest BCUT2D eigenvalue weighted by molar-refractivity contribution is 5.81. The molecule has 4 heterocycles. The van der Waals surface area contributed by atoms with Crippen LogP contribution in [0.15, 0.2) is 0 Å². The number of nitrogen functional groups attached to an aromatic ring is 1. The standard InChI is InChI=1S/C15H17NO5/c16-12-13(20-6-9-5-19-9)10(1-7-3-17-7)11(2-8-4-18-8)14-15(12)21-14/h7-9H,1-6,16H2. The molecule has 3 atom stereocenters. The van der Waals surface area contributed by atoms with Crippen LogP contribution in [0.2, 0.25) is 0 Å². The van der Waals surface area contributed by atoms with E-state index in [0.717, 1.165) is 55.5 Å². The van der Waals surface area contributed by atoms with E-state index in [0.29, 0.717) is 18.4 Å². The van der Waals surface area contributed by atoms with Gasteiger partial charge in [-0.2, -0.15) is 0 Å². The van der Waals surface area contributed by atoms with Gasteiger partial charge >= 0.3 is 0 Å². The fourth-order valence-corrected chi connectivity index (χ4v) is 2.76. The molecule has 0 aliphatic carbocycles. The van der Waals surface area contributed by atoms with Gasteiger partial charge in [0.05, 0.1) is 32.0 Å². The first kappa shape index (κ1) is 12.1. The molecule has 112 valence electrons. The van der Waals surface area contributed by atoms with Crippen LogP contribution in [0.1, 0.15) is 11.1 Å². The van der Waals surface area contributed by atoms with Crippen molar-refractivity contribution in [3.63, 3.8) is 0 Å². The summed E-state index contributed by atoms with van der Waals surface area (Å²) in [5.74, 6) is 2.46. The van der Waals surface area contributed by atoms with Crippen molar-refractivity contribution in [2.75, 3.05) is 32.2 Å². The average molecular weight is 291 g/mol. The number of ether oxygens (including phenoxy) is 5. The van der Waals surface area contributed by atoms with E-state index in [1.54, 1.807) is 0 Å². The second-order valence-electron chi connectivity index (χ2n) is 6.05.